The van der Waals surface area contributed by atoms with Crippen molar-refractivity contribution in [1.82, 2.24) is 5.32 Å². The van der Waals surface area contributed by atoms with Gasteiger partial charge in [-0.1, -0.05) is 56.0 Å². The lowest BCUT2D eigenvalue weighted by Gasteiger charge is -2.42. The Bertz CT molecular complexity index is 1230. The number of nitrogens with one attached hydrogen (secondary N) is 1. The number of anilines is 1. The van der Waals surface area contributed by atoms with Crippen LogP contribution in [0.1, 0.15) is 72.0 Å². The first-order valence-electron chi connectivity index (χ1n) is 13.1. The van der Waals surface area contributed by atoms with Gasteiger partial charge in [0, 0.05) is 17.3 Å². The van der Waals surface area contributed by atoms with Crippen molar-refractivity contribution in [2.75, 3.05) is 19.1 Å². The molecule has 1 heterocycles. The summed E-state index contributed by atoms with van der Waals surface area (Å²) in [4.78, 5) is 29.9. The number of rotatable bonds is 6. The van der Waals surface area contributed by atoms with Gasteiger partial charge in [0.25, 0.3) is 5.91 Å². The van der Waals surface area contributed by atoms with E-state index in [1.165, 1.54) is 12.8 Å². The highest BCUT2D eigenvalue weighted by Crippen LogP contribution is 2.45. The van der Waals surface area contributed by atoms with E-state index in [1.54, 1.807) is 19.1 Å². The first-order valence-corrected chi connectivity index (χ1v) is 13.1. The van der Waals surface area contributed by atoms with Crippen molar-refractivity contribution in [3.63, 3.8) is 0 Å². The van der Waals surface area contributed by atoms with E-state index in [0.29, 0.717) is 17.0 Å². The summed E-state index contributed by atoms with van der Waals surface area (Å²) < 4.78 is 10.7. The van der Waals surface area contributed by atoms with Crippen molar-refractivity contribution >= 4 is 17.5 Å². The zero-order chi connectivity index (χ0) is 25.8. The SMILES string of the molecule is COc1ccc(C2C(C(=O)NC3CCCCCC3)c3ccccc3C(=O)N2c2ccc(OC)cc2)cc1. The topological polar surface area (TPSA) is 67.9 Å². The van der Waals surface area contributed by atoms with Crippen LogP contribution in [-0.2, 0) is 4.79 Å². The average molecular weight is 499 g/mol. The van der Waals surface area contributed by atoms with Crippen LogP contribution < -0.4 is 19.7 Å². The van der Waals surface area contributed by atoms with Gasteiger partial charge in [0.1, 0.15) is 11.5 Å². The van der Waals surface area contributed by atoms with E-state index in [2.05, 4.69) is 5.32 Å². The van der Waals surface area contributed by atoms with Gasteiger partial charge in [0.15, 0.2) is 0 Å². The summed E-state index contributed by atoms with van der Waals surface area (Å²) in [5.41, 5.74) is 2.92. The molecule has 2 amide bonds. The number of methoxy groups -OCH3 is 2. The number of fused-ring (bicyclic) bond motifs is 1. The molecule has 192 valence electrons. The van der Waals surface area contributed by atoms with Crippen LogP contribution in [0.5, 0.6) is 11.5 Å². The number of carbonyl (C=O) groups is 2. The van der Waals surface area contributed by atoms with Gasteiger partial charge in [-0.15, -0.1) is 0 Å². The summed E-state index contributed by atoms with van der Waals surface area (Å²) in [5, 5.41) is 3.38. The third-order valence-corrected chi connectivity index (χ3v) is 7.63. The Hall–Kier alpha value is -3.80. The molecule has 1 N–H and O–H groups in total. The molecular formula is C31H34N2O4. The fourth-order valence-corrected chi connectivity index (χ4v) is 5.70. The van der Waals surface area contributed by atoms with E-state index in [0.717, 1.165) is 42.6 Å². The van der Waals surface area contributed by atoms with Crippen LogP contribution in [-0.4, -0.2) is 32.1 Å². The van der Waals surface area contributed by atoms with Gasteiger partial charge in [0.2, 0.25) is 5.91 Å². The summed E-state index contributed by atoms with van der Waals surface area (Å²) in [6, 6.07) is 22.3. The second-order valence-corrected chi connectivity index (χ2v) is 9.85. The molecule has 2 aliphatic rings. The molecule has 2 atom stereocenters. The van der Waals surface area contributed by atoms with E-state index < -0.39 is 12.0 Å². The maximum absolute atomic E-state index is 14.1. The highest BCUT2D eigenvalue weighted by Gasteiger charge is 2.45. The summed E-state index contributed by atoms with van der Waals surface area (Å²) in [6.07, 6.45) is 6.68. The minimum absolute atomic E-state index is 0.0359. The Morgan fingerprint density at radius 2 is 1.41 bits per heavy atom. The van der Waals surface area contributed by atoms with Crippen molar-refractivity contribution in [2.24, 2.45) is 0 Å². The molecule has 1 fully saturated rings. The molecule has 0 radical (unpaired) electrons. The number of amides is 2. The molecule has 1 aliphatic carbocycles. The maximum atomic E-state index is 14.1. The standard InChI is InChI=1S/C31H34N2O4/c1-36-24-17-13-21(14-18-24)29-28(30(34)32-22-9-5-3-4-6-10-22)26-11-7-8-12-27(26)31(35)33(29)23-15-19-25(37-2)20-16-23/h7-8,11-20,22,28-29H,3-6,9-10H2,1-2H3,(H,32,34). The minimum atomic E-state index is -0.562. The van der Waals surface area contributed by atoms with E-state index in [1.807, 2.05) is 72.8 Å². The molecular weight excluding hydrogens is 464 g/mol. The van der Waals surface area contributed by atoms with Crippen molar-refractivity contribution in [1.29, 1.82) is 0 Å². The first kappa shape index (κ1) is 24.9. The minimum Gasteiger partial charge on any atom is -0.497 e. The average Bonchev–Trinajstić information content (AvgIpc) is 3.21. The second kappa shape index (κ2) is 11.1. The Morgan fingerprint density at radius 1 is 0.811 bits per heavy atom. The van der Waals surface area contributed by atoms with Crippen LogP contribution in [0, 0.1) is 0 Å². The molecule has 0 aromatic heterocycles. The van der Waals surface area contributed by atoms with Gasteiger partial charge in [0.05, 0.1) is 26.2 Å². The van der Waals surface area contributed by atoms with Crippen LogP contribution in [0.25, 0.3) is 0 Å². The molecule has 5 rings (SSSR count). The van der Waals surface area contributed by atoms with Crippen molar-refractivity contribution < 1.29 is 19.1 Å². The highest BCUT2D eigenvalue weighted by atomic mass is 16.5. The Morgan fingerprint density at radius 3 is 2.03 bits per heavy atom. The zero-order valence-corrected chi connectivity index (χ0v) is 21.5. The highest BCUT2D eigenvalue weighted by molar-refractivity contribution is 6.11. The van der Waals surface area contributed by atoms with Crippen LogP contribution in [0.3, 0.4) is 0 Å². The van der Waals surface area contributed by atoms with Crippen LogP contribution in [0.15, 0.2) is 72.8 Å². The third kappa shape index (κ3) is 5.06. The zero-order valence-electron chi connectivity index (χ0n) is 21.5. The van der Waals surface area contributed by atoms with Gasteiger partial charge in [-0.3, -0.25) is 14.5 Å². The molecule has 6 heteroatoms. The van der Waals surface area contributed by atoms with E-state index >= 15 is 0 Å². The normalized spacial score (nSPS) is 20.1. The Balaban J connectivity index is 1.63. The molecule has 3 aromatic carbocycles. The van der Waals surface area contributed by atoms with Gasteiger partial charge in [-0.05, 0) is 66.4 Å². The molecule has 0 spiro atoms. The van der Waals surface area contributed by atoms with Gasteiger partial charge in [-0.25, -0.2) is 0 Å². The lowest BCUT2D eigenvalue weighted by atomic mass is 9.78. The molecule has 2 unspecified atom stereocenters. The van der Waals surface area contributed by atoms with Gasteiger partial charge in [-0.2, -0.15) is 0 Å². The fraction of sp³-hybridized carbons (Fsp3) is 0.355. The predicted octanol–water partition coefficient (Wildman–Crippen LogP) is 6.03. The molecule has 1 aliphatic heterocycles. The summed E-state index contributed by atoms with van der Waals surface area (Å²) in [7, 11) is 3.24. The molecule has 1 saturated carbocycles. The Kier molecular flexibility index (Phi) is 7.45. The number of hydrogen-bond donors (Lipinski definition) is 1. The lowest BCUT2D eigenvalue weighted by molar-refractivity contribution is -0.124. The molecule has 0 bridgehead atoms. The number of carbonyl (C=O) groups excluding carboxylic acids is 2. The third-order valence-electron chi connectivity index (χ3n) is 7.63. The summed E-state index contributed by atoms with van der Waals surface area (Å²) in [5.74, 6) is 0.706. The largest absolute Gasteiger partial charge is 0.497 e. The van der Waals surface area contributed by atoms with Crippen LogP contribution in [0.4, 0.5) is 5.69 Å². The van der Waals surface area contributed by atoms with E-state index in [9.17, 15) is 9.59 Å². The monoisotopic (exact) mass is 498 g/mol. The molecule has 3 aromatic rings. The summed E-state index contributed by atoms with van der Waals surface area (Å²) in [6.45, 7) is 0. The smallest absolute Gasteiger partial charge is 0.259 e. The molecule has 0 saturated heterocycles. The van der Waals surface area contributed by atoms with E-state index in [4.69, 9.17) is 9.47 Å². The number of ether oxygens (including phenoxy) is 2. The number of benzene rings is 3. The van der Waals surface area contributed by atoms with Gasteiger partial charge >= 0.3 is 0 Å². The molecule has 37 heavy (non-hydrogen) atoms. The Labute approximate surface area is 218 Å². The van der Waals surface area contributed by atoms with Gasteiger partial charge < -0.3 is 14.8 Å². The first-order chi connectivity index (χ1) is 18.1. The van der Waals surface area contributed by atoms with Crippen molar-refractivity contribution in [2.45, 2.75) is 56.5 Å². The maximum Gasteiger partial charge on any atom is 0.259 e. The number of nitrogens with zero attached hydrogens (tertiary/aromatic N) is 1. The van der Waals surface area contributed by atoms with Crippen molar-refractivity contribution in [3.8, 4) is 11.5 Å². The quantitative estimate of drug-likeness (QED) is 0.422. The van der Waals surface area contributed by atoms with Crippen molar-refractivity contribution in [3.05, 3.63) is 89.5 Å². The van der Waals surface area contributed by atoms with Crippen LogP contribution >= 0.6 is 0 Å². The fourth-order valence-electron chi connectivity index (χ4n) is 5.70. The predicted molar refractivity (Wildman–Crippen MR) is 144 cm³/mol. The molecule has 6 nitrogen and oxygen atoms in total. The second-order valence-electron chi connectivity index (χ2n) is 9.85. The number of hydrogen-bond acceptors (Lipinski definition) is 4. The lowest BCUT2D eigenvalue weighted by Crippen LogP contribution is -2.49. The summed E-state index contributed by atoms with van der Waals surface area (Å²) >= 11 is 0. The van der Waals surface area contributed by atoms with Crippen LogP contribution in [0.2, 0.25) is 0 Å². The van der Waals surface area contributed by atoms with E-state index in [-0.39, 0.29) is 17.9 Å².